The molecule has 0 radical (unpaired) electrons. The van der Waals surface area contributed by atoms with Gasteiger partial charge in [-0.2, -0.15) is 0 Å². The summed E-state index contributed by atoms with van der Waals surface area (Å²) < 4.78 is 60.6. The monoisotopic (exact) mass is 1460 g/mol. The Hall–Kier alpha value is -9.58. The maximum Gasteiger partial charge on any atom is 0.336 e. The second kappa shape index (κ2) is 36.2. The molecule has 3 amide bonds. The van der Waals surface area contributed by atoms with Crippen LogP contribution >= 0.6 is 14.9 Å². The van der Waals surface area contributed by atoms with Crippen molar-refractivity contribution in [3.63, 3.8) is 0 Å². The number of pyridine rings is 2. The Kier molecular flexibility index (Phi) is 27.9. The molecule has 23 nitrogen and oxygen atoms in total. The molecule has 0 fully saturated rings. The van der Waals surface area contributed by atoms with Crippen LogP contribution in [0, 0.1) is 11.6 Å². The standard InChI is InChI=1S/C32H39FN5O6P.C32H23FN2O4.C13H28N3O3P/c1-6-25(39)19(3)35-45(44,36-20(4)26(40)7-2)16-15-37(5)31(42)27-23-9-8-14-34-29(23)30(41)28-24(27)18-38(32(28)43)17-21-10-12-22(33)13-11-21;33-23-15-13-20(14-16-23)18-35-19-25-26(32(37)38)24-12-7-17-34-28(24)30(27(25)31(35)36)39-29(21-8-3-1-4-9-21)22-10-5-2-6-11-22;1-6-12(17)10(3)15-20(19,9-8-14-5)16-11(4)13(18)7-2/h8-14,19-20,41H,6-7,15-18H2,1-5H3,(H2,35,36,44);1-17,29H,18-19H2,(H,37,38);10-11,14H,6-9H2,1-5H3,(H2,15,16,19)/t19-,20-;;10-,11-/m0.0/s1. The van der Waals surface area contributed by atoms with Crippen molar-refractivity contribution in [1.29, 1.82) is 0 Å². The number of nitrogens with zero attached hydrogens (tertiary/aromatic N) is 5. The summed E-state index contributed by atoms with van der Waals surface area (Å²) >= 11 is 0. The van der Waals surface area contributed by atoms with Crippen LogP contribution in [-0.4, -0.2) is 145 Å². The fourth-order valence-corrected chi connectivity index (χ4v) is 17.3. The zero-order valence-corrected chi connectivity index (χ0v) is 61.8. The molecule has 2 aromatic heterocycles. The number of ketones is 4. The summed E-state index contributed by atoms with van der Waals surface area (Å²) in [6, 6.07) is 35.0. The normalized spacial score (nSPS) is 13.8. The van der Waals surface area contributed by atoms with Gasteiger partial charge in [-0.1, -0.05) is 125 Å². The lowest BCUT2D eigenvalue weighted by Crippen LogP contribution is -2.43. The van der Waals surface area contributed by atoms with Gasteiger partial charge in [-0.15, -0.1) is 0 Å². The summed E-state index contributed by atoms with van der Waals surface area (Å²) in [4.78, 5) is 115. The number of hydrogen-bond acceptors (Lipinski definition) is 15. The van der Waals surface area contributed by atoms with E-state index in [0.29, 0.717) is 58.5 Å². The number of Topliss-reactive ketones (excluding diaryl/α,β-unsaturated/α-hetero) is 4. The number of phenolic OH excluding ortho intramolecular Hbond substituents is 1. The highest BCUT2D eigenvalue weighted by molar-refractivity contribution is 7.60. The van der Waals surface area contributed by atoms with E-state index in [1.165, 1.54) is 47.3 Å². The Bertz CT molecular complexity index is 4460. The van der Waals surface area contributed by atoms with E-state index in [9.17, 15) is 66.5 Å². The minimum absolute atomic E-state index is 0.00551. The average Bonchev–Trinajstić information content (AvgIpc) is 0.914. The molecule has 6 aromatic carbocycles. The molecule has 2 aliphatic heterocycles. The number of aromatic carboxylic acids is 1. The van der Waals surface area contributed by atoms with Crippen LogP contribution in [0.1, 0.15) is 162 Å². The molecule has 4 heterocycles. The quantitative estimate of drug-likeness (QED) is 0.0193. The Labute approximate surface area is 603 Å². The van der Waals surface area contributed by atoms with Gasteiger partial charge in [-0.25, -0.2) is 33.9 Å². The van der Waals surface area contributed by atoms with Crippen LogP contribution in [0.15, 0.2) is 146 Å². The van der Waals surface area contributed by atoms with E-state index in [0.717, 1.165) is 16.7 Å². The zero-order valence-electron chi connectivity index (χ0n) is 60.0. The second-order valence-corrected chi connectivity index (χ2v) is 30.5. The highest BCUT2D eigenvalue weighted by Crippen LogP contribution is 2.45. The smallest absolute Gasteiger partial charge is 0.336 e. The SMILES string of the molecule is CCC(=O)[C@H](C)NP(=O)(CCN(C)C(=O)c1c2c(c(O)c3ncccc13)C(=O)N(Cc1ccc(F)cc1)C2)N[C@@H](C)C(=O)CC.CCC(=O)[C@H](C)NP(=O)(CCNC)N[C@@H](C)C(=O)CC.O=C(O)c1c2c(c(OC(c3ccccc3)c3ccccc3)c3ncccc13)C(=O)N(Cc1ccc(F)cc1)C2. The third-order valence-corrected chi connectivity index (χ3v) is 23.0. The van der Waals surface area contributed by atoms with Crippen LogP contribution < -0.4 is 30.4 Å². The number of fused-ring (bicyclic) bond motifs is 4. The van der Waals surface area contributed by atoms with Crippen LogP contribution in [0.4, 0.5) is 8.78 Å². The molecule has 8 aromatic rings. The largest absolute Gasteiger partial charge is 0.505 e. The van der Waals surface area contributed by atoms with Crippen molar-refractivity contribution in [3.8, 4) is 11.5 Å². The van der Waals surface area contributed by atoms with E-state index in [4.69, 9.17) is 4.74 Å². The summed E-state index contributed by atoms with van der Waals surface area (Å²) in [6.07, 6.45) is 3.94. The Morgan fingerprint density at radius 2 is 0.952 bits per heavy atom. The van der Waals surface area contributed by atoms with Gasteiger partial charge < -0.3 is 35.0 Å². The number of hydrogen-bond donors (Lipinski definition) is 7. The molecule has 0 aliphatic carbocycles. The van der Waals surface area contributed by atoms with Gasteiger partial charge in [0.25, 0.3) is 17.7 Å². The molecular weight excluding hydrogens is 1370 g/mol. The van der Waals surface area contributed by atoms with Gasteiger partial charge in [0.15, 0.2) is 11.5 Å². The van der Waals surface area contributed by atoms with Crippen LogP contribution in [0.3, 0.4) is 0 Å². The third-order valence-electron chi connectivity index (χ3n) is 18.1. The molecule has 0 saturated carbocycles. The summed E-state index contributed by atoms with van der Waals surface area (Å²) in [5.41, 5.74) is 4.65. The van der Waals surface area contributed by atoms with Gasteiger partial charge in [0.1, 0.15) is 51.9 Å². The molecule has 2 aliphatic rings. The van der Waals surface area contributed by atoms with E-state index >= 15 is 0 Å². The number of aromatic nitrogens is 2. The summed E-state index contributed by atoms with van der Waals surface area (Å²) in [6.45, 7) is 14.5. The molecule has 0 unspecified atom stereocenters. The van der Waals surface area contributed by atoms with Gasteiger partial charge in [-0.05, 0) is 93.4 Å². The number of amides is 3. The van der Waals surface area contributed by atoms with E-state index in [-0.39, 0.29) is 126 Å². The fourth-order valence-electron chi connectivity index (χ4n) is 12.4. The van der Waals surface area contributed by atoms with Gasteiger partial charge in [-0.3, -0.25) is 52.7 Å². The maximum absolute atomic E-state index is 14.1. The number of aromatic hydroxyl groups is 1. The van der Waals surface area contributed by atoms with E-state index in [2.05, 4.69) is 35.6 Å². The van der Waals surface area contributed by atoms with Crippen molar-refractivity contribution in [2.45, 2.75) is 138 Å². The number of carboxylic acids is 1. The summed E-state index contributed by atoms with van der Waals surface area (Å²) in [7, 11) is -3.25. The number of ether oxygens (including phenoxy) is 1. The predicted octanol–water partition coefficient (Wildman–Crippen LogP) is 12.1. The van der Waals surface area contributed by atoms with Crippen molar-refractivity contribution < 1.29 is 71.2 Å². The molecule has 0 bridgehead atoms. The average molecular weight is 1460 g/mol. The Balaban J connectivity index is 0.000000212. The summed E-state index contributed by atoms with van der Waals surface area (Å²) in [5.74, 6) is -3.62. The molecule has 27 heteroatoms. The molecule has 550 valence electrons. The number of carbonyl (C=O) groups excluding carboxylic acids is 7. The number of rotatable bonds is 32. The maximum atomic E-state index is 14.1. The van der Waals surface area contributed by atoms with Crippen molar-refractivity contribution in [2.75, 3.05) is 39.5 Å². The first kappa shape index (κ1) is 80.1. The number of halogens is 2. The molecule has 0 saturated heterocycles. The molecule has 10 rings (SSSR count). The first-order chi connectivity index (χ1) is 49.6. The predicted molar refractivity (Wildman–Crippen MR) is 395 cm³/mol. The minimum Gasteiger partial charge on any atom is -0.505 e. The first-order valence-corrected chi connectivity index (χ1v) is 38.3. The Morgan fingerprint density at radius 1 is 0.558 bits per heavy atom. The fraction of sp³-hybridized carbons (Fsp3) is 0.351. The molecule has 7 N–H and O–H groups in total. The van der Waals surface area contributed by atoms with E-state index in [1.54, 1.807) is 122 Å². The van der Waals surface area contributed by atoms with Crippen LogP contribution in [0.25, 0.3) is 21.8 Å². The Morgan fingerprint density at radius 3 is 1.37 bits per heavy atom. The van der Waals surface area contributed by atoms with Crippen molar-refractivity contribution in [2.24, 2.45) is 0 Å². The molecule has 0 spiro atoms. The van der Waals surface area contributed by atoms with Crippen molar-refractivity contribution in [1.82, 2.24) is 50.3 Å². The first-order valence-electron chi connectivity index (χ1n) is 34.5. The van der Waals surface area contributed by atoms with Gasteiger partial charge >= 0.3 is 5.97 Å². The lowest BCUT2D eigenvalue weighted by Gasteiger charge is -2.29. The number of carboxylic acid groups (broad SMARTS) is 1. The molecular formula is C77H90F2N10O13P2. The van der Waals surface area contributed by atoms with Crippen LogP contribution in [0.5, 0.6) is 11.5 Å². The minimum atomic E-state index is -3.56. The summed E-state index contributed by atoms with van der Waals surface area (Å²) in [5, 5.41) is 36.6. The number of carbonyl (C=O) groups is 8. The van der Waals surface area contributed by atoms with Crippen molar-refractivity contribution in [3.05, 3.63) is 213 Å². The third kappa shape index (κ3) is 19.4. The van der Waals surface area contributed by atoms with Gasteiger partial charge in [0.2, 0.25) is 14.9 Å². The van der Waals surface area contributed by atoms with Crippen LogP contribution in [0.2, 0.25) is 0 Å². The lowest BCUT2D eigenvalue weighted by atomic mass is 9.95. The van der Waals surface area contributed by atoms with E-state index < -0.39 is 68.8 Å². The number of nitrogens with one attached hydrogen (secondary N) is 5. The topological polar surface area (TPSA) is 316 Å². The molecule has 4 atom stereocenters. The second-order valence-electron chi connectivity index (χ2n) is 25.6. The van der Waals surface area contributed by atoms with E-state index in [1.807, 2.05) is 60.7 Å². The lowest BCUT2D eigenvalue weighted by molar-refractivity contribution is -0.120. The van der Waals surface area contributed by atoms with Crippen molar-refractivity contribution >= 4 is 83.5 Å². The van der Waals surface area contributed by atoms with Gasteiger partial charge in [0.05, 0.1) is 46.4 Å². The highest BCUT2D eigenvalue weighted by atomic mass is 31.2. The zero-order chi connectivity index (χ0) is 75.7. The van der Waals surface area contributed by atoms with Crippen LogP contribution in [-0.2, 0) is 54.5 Å². The highest BCUT2D eigenvalue weighted by Gasteiger charge is 2.41. The molecule has 104 heavy (non-hydrogen) atoms. The van der Waals surface area contributed by atoms with Gasteiger partial charge in [0, 0.05) is 119 Å². The number of phenols is 1. The number of benzene rings is 6.